The van der Waals surface area contributed by atoms with E-state index >= 15 is 8.78 Å². The monoisotopic (exact) mass is 613 g/mol. The van der Waals surface area contributed by atoms with E-state index in [1.54, 1.807) is 13.8 Å². The molecule has 0 spiro atoms. The minimum Gasteiger partial charge on any atom is -0.469 e. The van der Waals surface area contributed by atoms with Crippen molar-refractivity contribution in [3.05, 3.63) is 69.2 Å². The number of nitrogens with one attached hydrogen (secondary N) is 2. The maximum Gasteiger partial charge on any atom is 0.408 e. The lowest BCUT2D eigenvalue weighted by molar-refractivity contribution is -0.151. The van der Waals surface area contributed by atoms with Crippen LogP contribution in [0.3, 0.4) is 0 Å². The average molecular weight is 614 g/mol. The number of methoxy groups -OCH3 is 1. The molecule has 0 radical (unpaired) electrons. The van der Waals surface area contributed by atoms with Gasteiger partial charge in [-0.25, -0.2) is 13.6 Å². The molecule has 0 aromatic heterocycles. The smallest absolute Gasteiger partial charge is 0.408 e. The fourth-order valence-electron chi connectivity index (χ4n) is 5.22. The molecule has 2 aromatic carbocycles. The molecule has 1 amide bonds. The second-order valence-electron chi connectivity index (χ2n) is 10.4. The highest BCUT2D eigenvalue weighted by molar-refractivity contribution is 6.31. The van der Waals surface area contributed by atoms with Crippen LogP contribution in [-0.2, 0) is 19.7 Å². The molecule has 13 heteroatoms. The van der Waals surface area contributed by atoms with E-state index in [1.807, 2.05) is 0 Å². The Morgan fingerprint density at radius 2 is 1.98 bits per heavy atom. The maximum atomic E-state index is 15.7. The molecule has 222 valence electrons. The molecule has 0 aliphatic carbocycles. The van der Waals surface area contributed by atoms with Gasteiger partial charge in [-0.3, -0.25) is 10.1 Å². The predicted molar refractivity (Wildman–Crippen MR) is 146 cm³/mol. The van der Waals surface area contributed by atoms with Crippen LogP contribution in [-0.4, -0.2) is 60.9 Å². The molecule has 5 atom stereocenters. The van der Waals surface area contributed by atoms with Gasteiger partial charge in [0.05, 0.1) is 42.2 Å². The predicted octanol–water partition coefficient (Wildman–Crippen LogP) is 4.17. The van der Waals surface area contributed by atoms with E-state index in [-0.39, 0.29) is 40.6 Å². The number of aliphatic hydroxyl groups excluding tert-OH is 2. The van der Waals surface area contributed by atoms with E-state index in [2.05, 4.69) is 16.7 Å². The molecule has 0 bridgehead atoms. The number of nitrogens with zero attached hydrogens (tertiary/aromatic N) is 1. The lowest BCUT2D eigenvalue weighted by Crippen LogP contribution is -2.46. The molecule has 41 heavy (non-hydrogen) atoms. The number of alkyl carbamates (subject to hydrolysis) is 1. The van der Waals surface area contributed by atoms with Crippen molar-refractivity contribution < 1.29 is 38.1 Å². The summed E-state index contributed by atoms with van der Waals surface area (Å²) in [7, 11) is 1.21. The van der Waals surface area contributed by atoms with Gasteiger partial charge in [0.15, 0.2) is 6.23 Å². The zero-order valence-electron chi connectivity index (χ0n) is 22.6. The first-order valence-corrected chi connectivity index (χ1v) is 13.5. The number of benzene rings is 2. The van der Waals surface area contributed by atoms with E-state index < -0.39 is 65.4 Å². The van der Waals surface area contributed by atoms with Crippen LogP contribution in [0.5, 0.6) is 0 Å². The topological polar surface area (TPSA) is 141 Å². The van der Waals surface area contributed by atoms with Crippen LogP contribution in [0.25, 0.3) is 0 Å². The lowest BCUT2D eigenvalue weighted by Gasteiger charge is -2.37. The van der Waals surface area contributed by atoms with Gasteiger partial charge in [0, 0.05) is 23.2 Å². The van der Waals surface area contributed by atoms with Gasteiger partial charge in [-0.2, -0.15) is 5.26 Å². The number of carbonyl (C=O) groups excluding carboxylic acids is 2. The number of amides is 1. The number of hydrogen-bond acceptors (Lipinski definition) is 8. The highest BCUT2D eigenvalue weighted by Crippen LogP contribution is 2.53. The summed E-state index contributed by atoms with van der Waals surface area (Å²) in [5.74, 6) is -3.74. The van der Waals surface area contributed by atoms with Crippen molar-refractivity contribution >= 4 is 35.3 Å². The number of carbonyl (C=O) groups is 2. The molecule has 0 saturated carbocycles. The van der Waals surface area contributed by atoms with Crippen LogP contribution < -0.4 is 10.6 Å². The Hall–Kier alpha value is -3.01. The Morgan fingerprint density at radius 3 is 2.59 bits per heavy atom. The summed E-state index contributed by atoms with van der Waals surface area (Å²) < 4.78 is 41.9. The molecule has 9 nitrogen and oxygen atoms in total. The summed E-state index contributed by atoms with van der Waals surface area (Å²) in [6, 6.07) is 8.86. The number of nitriles is 1. The summed E-state index contributed by atoms with van der Waals surface area (Å²) in [5, 5.41) is 34.6. The fraction of sp³-hybridized carbons (Fsp3) is 0.464. The van der Waals surface area contributed by atoms with Gasteiger partial charge in [-0.15, -0.1) is 0 Å². The highest BCUT2D eigenvalue weighted by atomic mass is 35.5. The van der Waals surface area contributed by atoms with Crippen molar-refractivity contribution in [1.29, 1.82) is 5.26 Å². The van der Waals surface area contributed by atoms with E-state index in [0.29, 0.717) is 0 Å². The van der Waals surface area contributed by atoms with Crippen LogP contribution in [0, 0.1) is 28.4 Å². The number of aliphatic hydroxyl groups is 2. The van der Waals surface area contributed by atoms with Crippen molar-refractivity contribution in [2.75, 3.05) is 20.3 Å². The molecule has 1 aliphatic heterocycles. The average Bonchev–Trinajstić information content (AvgIpc) is 3.21. The summed E-state index contributed by atoms with van der Waals surface area (Å²) in [6.07, 6.45) is -3.57. The first-order chi connectivity index (χ1) is 19.3. The molecular formula is C28H31Cl2F2N3O6. The fourth-order valence-corrected chi connectivity index (χ4v) is 5.56. The zero-order chi connectivity index (χ0) is 30.5. The Kier molecular flexibility index (Phi) is 10.6. The molecule has 4 N–H and O–H groups in total. The van der Waals surface area contributed by atoms with Gasteiger partial charge >= 0.3 is 12.1 Å². The molecule has 1 heterocycles. The van der Waals surface area contributed by atoms with Crippen LogP contribution in [0.1, 0.15) is 43.7 Å². The maximum absolute atomic E-state index is 15.7. The Morgan fingerprint density at radius 1 is 1.27 bits per heavy atom. The third-order valence-electron chi connectivity index (χ3n) is 7.23. The van der Waals surface area contributed by atoms with Gasteiger partial charge < -0.3 is 25.0 Å². The van der Waals surface area contributed by atoms with E-state index in [4.69, 9.17) is 37.8 Å². The molecule has 1 saturated heterocycles. The number of hydrogen-bond donors (Lipinski definition) is 4. The van der Waals surface area contributed by atoms with Crippen LogP contribution >= 0.6 is 23.2 Å². The number of ether oxygens (including phenoxy) is 2. The van der Waals surface area contributed by atoms with Crippen LogP contribution in [0.15, 0.2) is 36.4 Å². The van der Waals surface area contributed by atoms with Crippen molar-refractivity contribution in [2.45, 2.75) is 56.4 Å². The van der Waals surface area contributed by atoms with Crippen LogP contribution in [0.2, 0.25) is 10.0 Å². The standard InChI is InChI=1S/C28H31Cl2F2N3O6/c1-27(2,25(38)40-3)12-21-28(14-33,18-8-7-15(29)11-20(18)31)22(17-5-4-6-19(30)23(17)32)24(35-21)41-26(39)34-10-9-16(37)13-36/h4-8,11,16,21-22,24,35-37H,9-10,12-13H2,1-3H3,(H,34,39)/t16-,21-,22-,24+,28-/m0/s1. The SMILES string of the molecule is COC(=O)C(C)(C)C[C@@H]1N[C@H](OC(=O)NCC[C@H](O)CO)[C@H](c2cccc(Cl)c2F)[C@@]1(C#N)c1ccc(Cl)cc1F. The van der Waals surface area contributed by atoms with Crippen molar-refractivity contribution in [2.24, 2.45) is 5.41 Å². The Bertz CT molecular complexity index is 1320. The lowest BCUT2D eigenvalue weighted by atomic mass is 9.63. The van der Waals surface area contributed by atoms with E-state index in [0.717, 1.165) is 6.07 Å². The van der Waals surface area contributed by atoms with Gasteiger partial charge in [0.1, 0.15) is 17.0 Å². The zero-order valence-corrected chi connectivity index (χ0v) is 24.1. The first kappa shape index (κ1) is 32.5. The largest absolute Gasteiger partial charge is 0.469 e. The normalized spacial score (nSPS) is 23.0. The van der Waals surface area contributed by atoms with Gasteiger partial charge in [0.25, 0.3) is 0 Å². The summed E-state index contributed by atoms with van der Waals surface area (Å²) in [6.45, 7) is 2.57. The van der Waals surface area contributed by atoms with Gasteiger partial charge in [0.2, 0.25) is 0 Å². The minimum atomic E-state index is -1.95. The van der Waals surface area contributed by atoms with Crippen molar-refractivity contribution in [3.63, 3.8) is 0 Å². The third-order valence-corrected chi connectivity index (χ3v) is 7.76. The molecular weight excluding hydrogens is 583 g/mol. The van der Waals surface area contributed by atoms with Crippen molar-refractivity contribution in [3.8, 4) is 6.07 Å². The highest BCUT2D eigenvalue weighted by Gasteiger charge is 2.61. The summed E-state index contributed by atoms with van der Waals surface area (Å²) in [4.78, 5) is 25.4. The second-order valence-corrected chi connectivity index (χ2v) is 11.2. The third kappa shape index (κ3) is 6.74. The molecule has 2 aromatic rings. The number of halogens is 4. The van der Waals surface area contributed by atoms with Crippen molar-refractivity contribution in [1.82, 2.24) is 10.6 Å². The first-order valence-electron chi connectivity index (χ1n) is 12.7. The molecule has 1 aliphatic rings. The van der Waals surface area contributed by atoms with Gasteiger partial charge in [-0.1, -0.05) is 41.4 Å². The molecule has 3 rings (SSSR count). The summed E-state index contributed by atoms with van der Waals surface area (Å²) in [5.41, 5.74) is -3.46. The Labute approximate surface area is 246 Å². The molecule has 0 unspecified atom stereocenters. The quantitative estimate of drug-likeness (QED) is 0.293. The number of rotatable bonds is 10. The minimum absolute atomic E-state index is 0.0180. The van der Waals surface area contributed by atoms with E-state index in [9.17, 15) is 20.0 Å². The molecule has 1 fully saturated rings. The number of esters is 1. The summed E-state index contributed by atoms with van der Waals surface area (Å²) >= 11 is 12.1. The van der Waals surface area contributed by atoms with Crippen LogP contribution in [0.4, 0.5) is 13.6 Å². The van der Waals surface area contributed by atoms with E-state index in [1.165, 1.54) is 37.4 Å². The Balaban J connectivity index is 2.21. The second kappa shape index (κ2) is 13.3. The van der Waals surface area contributed by atoms with Gasteiger partial charge in [-0.05, 0) is 50.5 Å².